The molecule has 0 spiro atoms. The topological polar surface area (TPSA) is 12.0 Å². The molecular formula is C21H27N. The molecule has 0 radical (unpaired) electrons. The molecule has 2 rings (SSSR count). The van der Waals surface area contributed by atoms with E-state index >= 15 is 0 Å². The molecule has 0 aliphatic carbocycles. The van der Waals surface area contributed by atoms with Crippen LogP contribution in [0.2, 0.25) is 0 Å². The van der Waals surface area contributed by atoms with Gasteiger partial charge in [-0.25, -0.2) is 0 Å². The van der Waals surface area contributed by atoms with Crippen molar-refractivity contribution >= 4 is 10.8 Å². The predicted molar refractivity (Wildman–Crippen MR) is 96.7 cm³/mol. The molecule has 0 aliphatic heterocycles. The fourth-order valence-corrected chi connectivity index (χ4v) is 2.23. The second kappa shape index (κ2) is 6.55. The highest BCUT2D eigenvalue weighted by molar-refractivity contribution is 5.82. The zero-order valence-corrected chi connectivity index (χ0v) is 14.5. The van der Waals surface area contributed by atoms with Crippen LogP contribution in [0.25, 0.3) is 10.8 Å². The van der Waals surface area contributed by atoms with Gasteiger partial charge in [-0.2, -0.15) is 0 Å². The van der Waals surface area contributed by atoms with Crippen molar-refractivity contribution < 1.29 is 0 Å². The Morgan fingerprint density at radius 2 is 1.59 bits per heavy atom. The van der Waals surface area contributed by atoms with E-state index in [2.05, 4.69) is 94.2 Å². The lowest BCUT2D eigenvalue weighted by Gasteiger charge is -2.25. The predicted octanol–water partition coefficient (Wildman–Crippen LogP) is 5.15. The summed E-state index contributed by atoms with van der Waals surface area (Å²) >= 11 is 0. The van der Waals surface area contributed by atoms with Gasteiger partial charge >= 0.3 is 0 Å². The summed E-state index contributed by atoms with van der Waals surface area (Å²) in [5.41, 5.74) is 1.20. The van der Waals surface area contributed by atoms with E-state index in [0.717, 1.165) is 13.0 Å². The van der Waals surface area contributed by atoms with Gasteiger partial charge in [-0.15, -0.1) is 0 Å². The molecule has 0 saturated heterocycles. The molecule has 0 aromatic heterocycles. The van der Waals surface area contributed by atoms with Crippen molar-refractivity contribution in [2.45, 2.75) is 53.1 Å². The maximum atomic E-state index is 3.63. The molecule has 1 nitrogen and oxygen atoms in total. The van der Waals surface area contributed by atoms with Gasteiger partial charge in [0.1, 0.15) is 0 Å². The van der Waals surface area contributed by atoms with Gasteiger partial charge in [0.15, 0.2) is 0 Å². The Labute approximate surface area is 135 Å². The summed E-state index contributed by atoms with van der Waals surface area (Å²) in [5.74, 6) is 6.80. The minimum atomic E-state index is -0.140. The van der Waals surface area contributed by atoms with E-state index in [1.807, 2.05) is 0 Å². The Hall–Kier alpha value is -1.78. The van der Waals surface area contributed by atoms with Gasteiger partial charge in [-0.05, 0) is 56.5 Å². The third-order valence-electron chi connectivity index (χ3n) is 3.92. The molecular weight excluding hydrogens is 266 g/mol. The van der Waals surface area contributed by atoms with Crippen LogP contribution in [0, 0.1) is 17.3 Å². The van der Waals surface area contributed by atoms with Gasteiger partial charge in [-0.3, -0.25) is 5.32 Å². The van der Waals surface area contributed by atoms with Crippen molar-refractivity contribution in [3.05, 3.63) is 48.0 Å². The number of hydrogen-bond donors (Lipinski definition) is 1. The molecule has 0 fully saturated rings. The Kier molecular flexibility index (Phi) is 4.94. The van der Waals surface area contributed by atoms with Crippen LogP contribution in [0.1, 0.15) is 46.6 Å². The van der Waals surface area contributed by atoms with E-state index in [0.29, 0.717) is 0 Å². The number of fused-ring (bicyclic) bond motifs is 1. The highest BCUT2D eigenvalue weighted by Crippen LogP contribution is 2.18. The summed E-state index contributed by atoms with van der Waals surface area (Å²) < 4.78 is 0. The molecule has 116 valence electrons. The molecule has 22 heavy (non-hydrogen) atoms. The van der Waals surface area contributed by atoms with Gasteiger partial charge in [-0.1, -0.05) is 55.2 Å². The molecule has 0 amide bonds. The second-order valence-electron chi connectivity index (χ2n) is 7.22. The number of benzene rings is 2. The summed E-state index contributed by atoms with van der Waals surface area (Å²) in [6.07, 6.45) is 0.990. The highest BCUT2D eigenvalue weighted by Gasteiger charge is 2.19. The summed E-state index contributed by atoms with van der Waals surface area (Å²) in [6.45, 7) is 11.7. The molecule has 1 unspecified atom stereocenters. The molecule has 0 bridgehead atoms. The van der Waals surface area contributed by atoms with Crippen LogP contribution in [0.4, 0.5) is 0 Å². The molecule has 0 saturated carbocycles. The highest BCUT2D eigenvalue weighted by atomic mass is 14.9. The zero-order valence-electron chi connectivity index (χ0n) is 14.5. The number of hydrogen-bond acceptors (Lipinski definition) is 1. The van der Waals surface area contributed by atoms with Crippen LogP contribution in [0.5, 0.6) is 0 Å². The van der Waals surface area contributed by atoms with Crippen molar-refractivity contribution in [1.29, 1.82) is 0 Å². The van der Waals surface area contributed by atoms with Gasteiger partial charge in [0.25, 0.3) is 0 Å². The number of nitrogens with one attached hydrogen (secondary N) is 1. The van der Waals surface area contributed by atoms with E-state index in [1.165, 1.54) is 16.3 Å². The van der Waals surface area contributed by atoms with Gasteiger partial charge in [0.2, 0.25) is 0 Å². The third-order valence-corrected chi connectivity index (χ3v) is 3.92. The maximum absolute atomic E-state index is 3.63. The average Bonchev–Trinajstić information content (AvgIpc) is 2.50. The monoisotopic (exact) mass is 293 g/mol. The minimum absolute atomic E-state index is 0.0427. The first-order valence-corrected chi connectivity index (χ1v) is 8.08. The smallest absolute Gasteiger partial charge is 0.0772 e. The fourth-order valence-electron chi connectivity index (χ4n) is 2.23. The Balaban J connectivity index is 2.12. The van der Waals surface area contributed by atoms with Crippen LogP contribution < -0.4 is 5.32 Å². The zero-order chi connectivity index (χ0) is 16.2. The summed E-state index contributed by atoms with van der Waals surface area (Å²) in [6, 6.07) is 15.1. The van der Waals surface area contributed by atoms with E-state index in [4.69, 9.17) is 0 Å². The van der Waals surface area contributed by atoms with E-state index in [1.54, 1.807) is 0 Å². The van der Waals surface area contributed by atoms with Gasteiger partial charge in [0.05, 0.1) is 5.54 Å². The van der Waals surface area contributed by atoms with Crippen molar-refractivity contribution in [3.8, 4) is 11.8 Å². The standard InChI is InChI=1S/C21H27N/c1-6-21(5,14-13-20(2,3)4)22-16-17-11-12-18-9-7-8-10-19(18)15-17/h7-12,15,22H,6,16H2,1-5H3. The fraction of sp³-hybridized carbons (Fsp3) is 0.429. The van der Waals surface area contributed by atoms with Crippen molar-refractivity contribution in [3.63, 3.8) is 0 Å². The Bertz CT molecular complexity index is 697. The van der Waals surface area contributed by atoms with E-state index < -0.39 is 0 Å². The first-order chi connectivity index (χ1) is 10.3. The summed E-state index contributed by atoms with van der Waals surface area (Å²) in [5, 5.41) is 6.21. The molecule has 1 atom stereocenters. The maximum Gasteiger partial charge on any atom is 0.0772 e. The molecule has 0 aliphatic rings. The van der Waals surface area contributed by atoms with Crippen LogP contribution in [-0.4, -0.2) is 5.54 Å². The van der Waals surface area contributed by atoms with Gasteiger partial charge in [0, 0.05) is 12.0 Å². The van der Waals surface area contributed by atoms with Crippen LogP contribution in [0.3, 0.4) is 0 Å². The first kappa shape index (κ1) is 16.6. The lowest BCUT2D eigenvalue weighted by atomic mass is 9.93. The molecule has 1 heteroatoms. The first-order valence-electron chi connectivity index (χ1n) is 8.08. The second-order valence-corrected chi connectivity index (χ2v) is 7.22. The molecule has 0 heterocycles. The SMILES string of the molecule is CCC(C)(C#CC(C)(C)C)NCc1ccc2ccccc2c1. The largest absolute Gasteiger partial charge is 0.297 e. The quantitative estimate of drug-likeness (QED) is 0.769. The van der Waals surface area contributed by atoms with Crippen LogP contribution in [0.15, 0.2) is 42.5 Å². The third kappa shape index (κ3) is 4.61. The number of rotatable bonds is 4. The lowest BCUT2D eigenvalue weighted by molar-refractivity contribution is 0.434. The van der Waals surface area contributed by atoms with Crippen molar-refractivity contribution in [2.24, 2.45) is 5.41 Å². The minimum Gasteiger partial charge on any atom is -0.297 e. The molecule has 1 N–H and O–H groups in total. The molecule has 2 aromatic carbocycles. The van der Waals surface area contributed by atoms with Crippen molar-refractivity contribution in [1.82, 2.24) is 5.32 Å². The molecule has 2 aromatic rings. The van der Waals surface area contributed by atoms with E-state index in [-0.39, 0.29) is 11.0 Å². The Morgan fingerprint density at radius 1 is 0.909 bits per heavy atom. The Morgan fingerprint density at radius 3 is 2.23 bits per heavy atom. The van der Waals surface area contributed by atoms with Crippen molar-refractivity contribution in [2.75, 3.05) is 0 Å². The van der Waals surface area contributed by atoms with Crippen LogP contribution >= 0.6 is 0 Å². The average molecular weight is 293 g/mol. The lowest BCUT2D eigenvalue weighted by Crippen LogP contribution is -2.40. The van der Waals surface area contributed by atoms with Crippen LogP contribution in [-0.2, 0) is 6.54 Å². The summed E-state index contributed by atoms with van der Waals surface area (Å²) in [4.78, 5) is 0. The van der Waals surface area contributed by atoms with E-state index in [9.17, 15) is 0 Å². The normalized spacial score (nSPS) is 14.2. The summed E-state index contributed by atoms with van der Waals surface area (Å²) in [7, 11) is 0. The van der Waals surface area contributed by atoms with Gasteiger partial charge < -0.3 is 0 Å².